The Bertz CT molecular complexity index is 821. The summed E-state index contributed by atoms with van der Waals surface area (Å²) >= 11 is 0. The molecule has 4 aromatic carbocycles. The van der Waals surface area contributed by atoms with E-state index in [1.165, 1.54) is 21.5 Å². The van der Waals surface area contributed by atoms with Crippen LogP contribution in [0, 0.1) is 12.1 Å². The van der Waals surface area contributed by atoms with Gasteiger partial charge in [0.1, 0.15) is 0 Å². The van der Waals surface area contributed by atoms with Crippen LogP contribution in [0.1, 0.15) is 0 Å². The molecule has 0 spiro atoms. The van der Waals surface area contributed by atoms with E-state index in [4.69, 9.17) is 0 Å². The standard InChI is InChI=1S/C20H12.Ni/c1-3-11-17-15(7-1)9-5-13-19(17)20-14-6-10-16-8-2-4-12-18(16)20;/h1-12H;/q-2;+2. The van der Waals surface area contributed by atoms with E-state index in [0.717, 1.165) is 11.1 Å². The molecule has 0 heterocycles. The molecule has 102 valence electrons. The van der Waals surface area contributed by atoms with Crippen molar-refractivity contribution in [2.45, 2.75) is 0 Å². The van der Waals surface area contributed by atoms with Crippen LogP contribution in [0.5, 0.6) is 0 Å². The summed E-state index contributed by atoms with van der Waals surface area (Å²) in [6.07, 6.45) is 0. The van der Waals surface area contributed by atoms with Gasteiger partial charge in [0.2, 0.25) is 0 Å². The van der Waals surface area contributed by atoms with Crippen molar-refractivity contribution in [3.05, 3.63) is 84.9 Å². The molecule has 0 bridgehead atoms. The fourth-order valence-corrected chi connectivity index (χ4v) is 2.74. The first-order valence-corrected chi connectivity index (χ1v) is 6.73. The summed E-state index contributed by atoms with van der Waals surface area (Å²) < 4.78 is 0. The molecule has 0 amide bonds. The maximum atomic E-state index is 3.39. The Morgan fingerprint density at radius 1 is 0.524 bits per heavy atom. The SMILES string of the molecule is [Ni+2].[c-]1ccc2ccccc2c1-c1[c-]ccc2ccccc12. The molecule has 21 heavy (non-hydrogen) atoms. The second-order valence-corrected chi connectivity index (χ2v) is 4.88. The Hall–Kier alpha value is -2.11. The second kappa shape index (κ2) is 5.71. The molecule has 4 aromatic rings. The molecule has 0 saturated heterocycles. The topological polar surface area (TPSA) is 0 Å². The summed E-state index contributed by atoms with van der Waals surface area (Å²) in [5.41, 5.74) is 2.25. The van der Waals surface area contributed by atoms with E-state index in [2.05, 4.69) is 72.8 Å². The number of benzene rings is 4. The van der Waals surface area contributed by atoms with Crippen molar-refractivity contribution in [2.24, 2.45) is 0 Å². The van der Waals surface area contributed by atoms with Crippen LogP contribution in [-0.2, 0) is 16.5 Å². The van der Waals surface area contributed by atoms with E-state index in [0.29, 0.717) is 0 Å². The summed E-state index contributed by atoms with van der Waals surface area (Å²) in [5.74, 6) is 0. The molecule has 4 rings (SSSR count). The fourth-order valence-electron chi connectivity index (χ4n) is 2.74. The van der Waals surface area contributed by atoms with E-state index in [9.17, 15) is 0 Å². The van der Waals surface area contributed by atoms with Crippen LogP contribution in [0.2, 0.25) is 0 Å². The van der Waals surface area contributed by atoms with Crippen LogP contribution in [0.25, 0.3) is 32.7 Å². The van der Waals surface area contributed by atoms with Crippen molar-refractivity contribution in [3.63, 3.8) is 0 Å². The monoisotopic (exact) mass is 310 g/mol. The fraction of sp³-hybridized carbons (Fsp3) is 0. The van der Waals surface area contributed by atoms with Gasteiger partial charge in [0.15, 0.2) is 0 Å². The predicted octanol–water partition coefficient (Wildman–Crippen LogP) is 5.26. The first kappa shape index (κ1) is 13.9. The van der Waals surface area contributed by atoms with Crippen molar-refractivity contribution >= 4 is 21.5 Å². The van der Waals surface area contributed by atoms with Crippen molar-refractivity contribution in [3.8, 4) is 11.1 Å². The maximum absolute atomic E-state index is 3.39. The van der Waals surface area contributed by atoms with Gasteiger partial charge in [-0.25, -0.2) is 11.1 Å². The van der Waals surface area contributed by atoms with Gasteiger partial charge in [0.25, 0.3) is 0 Å². The molecular formula is C20H12Ni. The smallest absolute Gasteiger partial charge is 0.218 e. The number of hydrogen-bond acceptors (Lipinski definition) is 0. The summed E-state index contributed by atoms with van der Waals surface area (Å²) in [6.45, 7) is 0. The molecule has 0 nitrogen and oxygen atoms in total. The van der Waals surface area contributed by atoms with Gasteiger partial charge in [-0.2, -0.15) is 24.3 Å². The molecule has 0 aliphatic carbocycles. The number of rotatable bonds is 1. The van der Waals surface area contributed by atoms with Gasteiger partial charge in [-0.05, 0) is 0 Å². The summed E-state index contributed by atoms with van der Waals surface area (Å²) in [7, 11) is 0. The zero-order valence-electron chi connectivity index (χ0n) is 11.2. The molecule has 1 heteroatoms. The minimum Gasteiger partial charge on any atom is -0.218 e. The summed E-state index contributed by atoms with van der Waals surface area (Å²) in [5, 5.41) is 4.93. The molecule has 0 aliphatic rings. The predicted molar refractivity (Wildman–Crippen MR) is 84.6 cm³/mol. The molecule has 0 N–H and O–H groups in total. The Morgan fingerprint density at radius 3 is 1.43 bits per heavy atom. The van der Waals surface area contributed by atoms with Gasteiger partial charge in [0.05, 0.1) is 0 Å². The van der Waals surface area contributed by atoms with Crippen molar-refractivity contribution < 1.29 is 16.5 Å². The molecule has 0 fully saturated rings. The third kappa shape index (κ3) is 2.35. The quantitative estimate of drug-likeness (QED) is 0.332. The molecule has 0 unspecified atom stereocenters. The number of fused-ring (bicyclic) bond motifs is 2. The third-order valence-corrected chi connectivity index (χ3v) is 3.69. The maximum Gasteiger partial charge on any atom is 2.00 e. The van der Waals surface area contributed by atoms with Crippen molar-refractivity contribution in [1.29, 1.82) is 0 Å². The third-order valence-electron chi connectivity index (χ3n) is 3.69. The van der Waals surface area contributed by atoms with E-state index in [1.807, 2.05) is 12.1 Å². The van der Waals surface area contributed by atoms with Crippen LogP contribution < -0.4 is 0 Å². The summed E-state index contributed by atoms with van der Waals surface area (Å²) in [4.78, 5) is 0. The minimum absolute atomic E-state index is 0. The van der Waals surface area contributed by atoms with Crippen LogP contribution in [0.15, 0.2) is 72.8 Å². The first-order chi connectivity index (χ1) is 9.93. The van der Waals surface area contributed by atoms with Crippen molar-refractivity contribution in [1.82, 2.24) is 0 Å². The molecule has 0 radical (unpaired) electrons. The van der Waals surface area contributed by atoms with Gasteiger partial charge < -0.3 is 0 Å². The molecule has 0 atom stereocenters. The zero-order valence-corrected chi connectivity index (χ0v) is 12.2. The normalized spacial score (nSPS) is 10.5. The Kier molecular flexibility index (Phi) is 3.77. The van der Waals surface area contributed by atoms with Gasteiger partial charge >= 0.3 is 16.5 Å². The average Bonchev–Trinajstić information content (AvgIpc) is 2.54. The Balaban J connectivity index is 0.00000132. The molecule has 0 aromatic heterocycles. The van der Waals surface area contributed by atoms with E-state index in [-0.39, 0.29) is 16.5 Å². The van der Waals surface area contributed by atoms with Crippen LogP contribution >= 0.6 is 0 Å². The van der Waals surface area contributed by atoms with Gasteiger partial charge in [0, 0.05) is 0 Å². The van der Waals surface area contributed by atoms with Gasteiger partial charge in [-0.15, -0.1) is 45.8 Å². The van der Waals surface area contributed by atoms with Gasteiger partial charge in [-0.1, -0.05) is 36.4 Å². The van der Waals surface area contributed by atoms with Crippen LogP contribution in [0.3, 0.4) is 0 Å². The van der Waals surface area contributed by atoms with Crippen LogP contribution in [-0.4, -0.2) is 0 Å². The van der Waals surface area contributed by atoms with E-state index < -0.39 is 0 Å². The van der Waals surface area contributed by atoms with E-state index in [1.54, 1.807) is 0 Å². The zero-order chi connectivity index (χ0) is 13.4. The minimum atomic E-state index is 0. The Labute approximate surface area is 134 Å². The largest absolute Gasteiger partial charge is 2.00 e. The van der Waals surface area contributed by atoms with Crippen LogP contribution in [0.4, 0.5) is 0 Å². The average molecular weight is 311 g/mol. The second-order valence-electron chi connectivity index (χ2n) is 4.88. The Morgan fingerprint density at radius 2 is 0.952 bits per heavy atom. The molecule has 0 aliphatic heterocycles. The first-order valence-electron chi connectivity index (χ1n) is 6.73. The van der Waals surface area contributed by atoms with Crippen molar-refractivity contribution in [2.75, 3.05) is 0 Å². The molecule has 0 saturated carbocycles. The molecular weight excluding hydrogens is 299 g/mol. The summed E-state index contributed by atoms with van der Waals surface area (Å²) in [6, 6.07) is 31.8. The van der Waals surface area contributed by atoms with E-state index >= 15 is 0 Å². The van der Waals surface area contributed by atoms with Gasteiger partial charge in [-0.3, -0.25) is 0 Å². The number of hydrogen-bond donors (Lipinski definition) is 0.